The molecule has 6 nitrogen and oxygen atoms in total. The van der Waals surface area contributed by atoms with Gasteiger partial charge in [-0.1, -0.05) is 25.1 Å². The molecule has 0 bridgehead atoms. The monoisotopic (exact) mass is 375 g/mol. The molecule has 2 amide bonds. The van der Waals surface area contributed by atoms with E-state index in [1.165, 1.54) is 0 Å². The number of carbonyl (C=O) groups excluding carboxylic acids is 2. The van der Waals surface area contributed by atoms with Crippen LogP contribution in [0.2, 0.25) is 0 Å². The van der Waals surface area contributed by atoms with Gasteiger partial charge in [-0.3, -0.25) is 9.59 Å². The van der Waals surface area contributed by atoms with Crippen molar-refractivity contribution in [3.63, 3.8) is 0 Å². The molecule has 2 unspecified atom stereocenters. The lowest BCUT2D eigenvalue weighted by atomic mass is 9.78. The normalized spacial score (nSPS) is 29.0. The number of allylic oxidation sites excluding steroid dienone is 1. The molecule has 3 rings (SSSR count). The molecule has 0 radical (unpaired) electrons. The number of nitrogens with zero attached hydrogens (tertiary/aromatic N) is 2. The highest BCUT2D eigenvalue weighted by atomic mass is 16.7. The number of oxime groups is 1. The fourth-order valence-corrected chi connectivity index (χ4v) is 4.13. The molecule has 2 atom stereocenters. The maximum absolute atomic E-state index is 12.8. The Labute approximate surface area is 162 Å². The van der Waals surface area contributed by atoms with Gasteiger partial charge in [0.15, 0.2) is 0 Å². The molecule has 150 valence electrons. The van der Waals surface area contributed by atoms with E-state index in [0.29, 0.717) is 30.6 Å². The van der Waals surface area contributed by atoms with Crippen LogP contribution in [0.15, 0.2) is 16.8 Å². The molecule has 6 heteroatoms. The van der Waals surface area contributed by atoms with E-state index in [1.54, 1.807) is 0 Å². The smallest absolute Gasteiger partial charge is 0.272 e. The molecular formula is C21H33N3O3. The molecule has 0 spiro atoms. The Morgan fingerprint density at radius 2 is 2.07 bits per heavy atom. The van der Waals surface area contributed by atoms with Gasteiger partial charge >= 0.3 is 0 Å². The molecule has 3 aliphatic rings. The number of amides is 2. The molecular weight excluding hydrogens is 342 g/mol. The van der Waals surface area contributed by atoms with Crippen LogP contribution >= 0.6 is 0 Å². The number of likely N-dealkylation sites (tertiary alicyclic amines) is 1. The van der Waals surface area contributed by atoms with Gasteiger partial charge < -0.3 is 15.1 Å². The second-order valence-corrected chi connectivity index (χ2v) is 9.78. The van der Waals surface area contributed by atoms with Crippen LogP contribution in [-0.4, -0.2) is 47.2 Å². The van der Waals surface area contributed by atoms with E-state index in [-0.39, 0.29) is 23.8 Å². The molecule has 0 aromatic rings. The summed E-state index contributed by atoms with van der Waals surface area (Å²) in [6, 6.07) is 0.153. The van der Waals surface area contributed by atoms with Crippen LogP contribution in [0.4, 0.5) is 0 Å². The Hall–Kier alpha value is -1.85. The number of nitrogens with one attached hydrogen (secondary N) is 1. The Morgan fingerprint density at radius 3 is 2.67 bits per heavy atom. The van der Waals surface area contributed by atoms with Gasteiger partial charge in [0.05, 0.1) is 0 Å². The summed E-state index contributed by atoms with van der Waals surface area (Å²) in [6.45, 7) is 11.7. The van der Waals surface area contributed by atoms with Crippen LogP contribution in [0.3, 0.4) is 0 Å². The van der Waals surface area contributed by atoms with Crippen molar-refractivity contribution in [2.75, 3.05) is 13.1 Å². The number of hydrogen-bond donors (Lipinski definition) is 1. The SMILES string of the molecule is CC1CC(CNC(=O)C2=CCC(C)(C)CC2)CN1C(=O)C1=NOC(C)(C)C1. The lowest BCUT2D eigenvalue weighted by molar-refractivity contribution is -0.124. The Balaban J connectivity index is 1.50. The first-order chi connectivity index (χ1) is 12.6. The highest BCUT2D eigenvalue weighted by Gasteiger charge is 2.39. The maximum atomic E-state index is 12.8. The van der Waals surface area contributed by atoms with Gasteiger partial charge in [-0.05, 0) is 57.8 Å². The fraction of sp³-hybridized carbons (Fsp3) is 0.762. The molecule has 1 N–H and O–H groups in total. The summed E-state index contributed by atoms with van der Waals surface area (Å²) < 4.78 is 0. The van der Waals surface area contributed by atoms with Crippen LogP contribution in [0.1, 0.15) is 66.7 Å². The maximum Gasteiger partial charge on any atom is 0.272 e. The summed E-state index contributed by atoms with van der Waals surface area (Å²) in [5.41, 5.74) is 1.32. The molecule has 0 aromatic heterocycles. The number of hydrogen-bond acceptors (Lipinski definition) is 4. The first-order valence-corrected chi connectivity index (χ1v) is 10.1. The van der Waals surface area contributed by atoms with Gasteiger partial charge in [-0.2, -0.15) is 0 Å². The summed E-state index contributed by atoms with van der Waals surface area (Å²) in [7, 11) is 0. The van der Waals surface area contributed by atoms with Gasteiger partial charge in [0.1, 0.15) is 11.3 Å². The van der Waals surface area contributed by atoms with Crippen molar-refractivity contribution in [2.24, 2.45) is 16.5 Å². The minimum Gasteiger partial charge on any atom is -0.389 e. The second kappa shape index (κ2) is 7.28. The summed E-state index contributed by atoms with van der Waals surface area (Å²) in [6.07, 6.45) is 6.39. The predicted octanol–water partition coefficient (Wildman–Crippen LogP) is 3.03. The van der Waals surface area contributed by atoms with Crippen molar-refractivity contribution in [2.45, 2.75) is 78.4 Å². The molecule has 2 heterocycles. The molecule has 2 aliphatic heterocycles. The van der Waals surface area contributed by atoms with Crippen LogP contribution in [0.5, 0.6) is 0 Å². The predicted molar refractivity (Wildman–Crippen MR) is 105 cm³/mol. The summed E-state index contributed by atoms with van der Waals surface area (Å²) in [5.74, 6) is 0.307. The Bertz CT molecular complexity index is 678. The van der Waals surface area contributed by atoms with E-state index in [0.717, 1.165) is 31.3 Å². The summed E-state index contributed by atoms with van der Waals surface area (Å²) in [4.78, 5) is 32.4. The van der Waals surface area contributed by atoms with E-state index in [9.17, 15) is 9.59 Å². The zero-order chi connectivity index (χ0) is 19.8. The first-order valence-electron chi connectivity index (χ1n) is 10.1. The highest BCUT2D eigenvalue weighted by Crippen LogP contribution is 2.34. The quantitative estimate of drug-likeness (QED) is 0.821. The fourth-order valence-electron chi connectivity index (χ4n) is 4.13. The third kappa shape index (κ3) is 4.71. The van der Waals surface area contributed by atoms with E-state index in [1.807, 2.05) is 18.7 Å². The van der Waals surface area contributed by atoms with Gasteiger partial charge in [-0.15, -0.1) is 0 Å². The van der Waals surface area contributed by atoms with Crippen molar-refractivity contribution in [1.82, 2.24) is 10.2 Å². The molecule has 1 fully saturated rings. The van der Waals surface area contributed by atoms with Crippen LogP contribution in [0, 0.1) is 11.3 Å². The highest BCUT2D eigenvalue weighted by molar-refractivity contribution is 6.39. The zero-order valence-corrected chi connectivity index (χ0v) is 17.3. The van der Waals surface area contributed by atoms with E-state index in [2.05, 4.69) is 37.3 Å². The van der Waals surface area contributed by atoms with Gasteiger partial charge in [0.2, 0.25) is 5.91 Å². The molecule has 1 saturated heterocycles. The minimum atomic E-state index is -0.399. The van der Waals surface area contributed by atoms with E-state index >= 15 is 0 Å². The van der Waals surface area contributed by atoms with Gasteiger partial charge in [0, 0.05) is 31.1 Å². The zero-order valence-electron chi connectivity index (χ0n) is 17.3. The number of carbonyl (C=O) groups is 2. The summed E-state index contributed by atoms with van der Waals surface area (Å²) in [5, 5.41) is 7.07. The molecule has 0 aromatic carbocycles. The minimum absolute atomic E-state index is 0.0286. The second-order valence-electron chi connectivity index (χ2n) is 9.78. The summed E-state index contributed by atoms with van der Waals surface area (Å²) >= 11 is 0. The van der Waals surface area contributed by atoms with Crippen LogP contribution < -0.4 is 5.32 Å². The molecule has 0 saturated carbocycles. The number of rotatable bonds is 4. The third-order valence-corrected chi connectivity index (χ3v) is 5.98. The Kier molecular flexibility index (Phi) is 5.37. The average Bonchev–Trinajstić information content (AvgIpc) is 3.14. The average molecular weight is 376 g/mol. The lowest BCUT2D eigenvalue weighted by Gasteiger charge is -2.28. The lowest BCUT2D eigenvalue weighted by Crippen LogP contribution is -2.40. The van der Waals surface area contributed by atoms with Gasteiger partial charge in [0.25, 0.3) is 5.91 Å². The first kappa shape index (κ1) is 19.9. The van der Waals surface area contributed by atoms with Crippen molar-refractivity contribution >= 4 is 17.5 Å². The van der Waals surface area contributed by atoms with Crippen molar-refractivity contribution in [1.29, 1.82) is 0 Å². The van der Waals surface area contributed by atoms with E-state index in [4.69, 9.17) is 4.84 Å². The van der Waals surface area contributed by atoms with Crippen molar-refractivity contribution in [3.8, 4) is 0 Å². The molecule has 1 aliphatic carbocycles. The standard InChI is InChI=1S/C21H33N3O3/c1-14-10-15(12-22-18(25)16-6-8-20(2,3)9-7-16)13-24(14)19(26)17-11-21(4,5)27-23-17/h6,14-15H,7-13H2,1-5H3,(H,22,25). The van der Waals surface area contributed by atoms with Crippen LogP contribution in [0.25, 0.3) is 0 Å². The molecule has 27 heavy (non-hydrogen) atoms. The third-order valence-electron chi connectivity index (χ3n) is 5.98. The van der Waals surface area contributed by atoms with Crippen LogP contribution in [-0.2, 0) is 14.4 Å². The van der Waals surface area contributed by atoms with Crippen molar-refractivity contribution in [3.05, 3.63) is 11.6 Å². The van der Waals surface area contributed by atoms with Gasteiger partial charge in [-0.25, -0.2) is 0 Å². The topological polar surface area (TPSA) is 71.0 Å². The largest absolute Gasteiger partial charge is 0.389 e. The van der Waals surface area contributed by atoms with Crippen molar-refractivity contribution < 1.29 is 14.4 Å². The van der Waals surface area contributed by atoms with E-state index < -0.39 is 5.60 Å². The Morgan fingerprint density at radius 1 is 1.33 bits per heavy atom.